The normalized spacial score (nSPS) is 15.6. The van der Waals surface area contributed by atoms with Crippen molar-refractivity contribution in [1.82, 2.24) is 5.32 Å². The third-order valence-corrected chi connectivity index (χ3v) is 4.25. The zero-order valence-corrected chi connectivity index (χ0v) is 12.6. The molecule has 1 heterocycles. The van der Waals surface area contributed by atoms with E-state index in [0.29, 0.717) is 24.3 Å². The number of hydrogen-bond acceptors (Lipinski definition) is 4. The molecule has 21 heavy (non-hydrogen) atoms. The van der Waals surface area contributed by atoms with Crippen molar-refractivity contribution in [3.8, 4) is 0 Å². The van der Waals surface area contributed by atoms with E-state index in [1.165, 1.54) is 36.7 Å². The Morgan fingerprint density at radius 2 is 2.10 bits per heavy atom. The number of amides is 2. The SMILES string of the molecule is O=C(NCCOC1CCCCC1)Nc1sccc1C(=O)O. The molecule has 2 rings (SSSR count). The van der Waals surface area contributed by atoms with Crippen molar-refractivity contribution in [3.63, 3.8) is 0 Å². The highest BCUT2D eigenvalue weighted by Crippen LogP contribution is 2.23. The zero-order chi connectivity index (χ0) is 15.1. The molecule has 0 bridgehead atoms. The summed E-state index contributed by atoms with van der Waals surface area (Å²) in [6, 6.07) is 1.06. The summed E-state index contributed by atoms with van der Waals surface area (Å²) in [6.45, 7) is 0.893. The van der Waals surface area contributed by atoms with Crippen LogP contribution in [-0.2, 0) is 4.74 Å². The summed E-state index contributed by atoms with van der Waals surface area (Å²) in [5.74, 6) is -1.05. The van der Waals surface area contributed by atoms with E-state index in [0.717, 1.165) is 12.8 Å². The van der Waals surface area contributed by atoms with Crippen LogP contribution in [0.25, 0.3) is 0 Å². The van der Waals surface area contributed by atoms with E-state index < -0.39 is 12.0 Å². The van der Waals surface area contributed by atoms with Crippen molar-refractivity contribution in [2.75, 3.05) is 18.5 Å². The van der Waals surface area contributed by atoms with Gasteiger partial charge in [0.25, 0.3) is 0 Å². The van der Waals surface area contributed by atoms with Gasteiger partial charge in [0.05, 0.1) is 18.3 Å². The van der Waals surface area contributed by atoms with Crippen LogP contribution in [0.1, 0.15) is 42.5 Å². The van der Waals surface area contributed by atoms with E-state index >= 15 is 0 Å². The second-order valence-corrected chi connectivity index (χ2v) is 5.90. The van der Waals surface area contributed by atoms with Crippen LogP contribution >= 0.6 is 11.3 Å². The van der Waals surface area contributed by atoms with Gasteiger partial charge in [0.1, 0.15) is 5.00 Å². The molecule has 6 nitrogen and oxygen atoms in total. The van der Waals surface area contributed by atoms with E-state index in [-0.39, 0.29) is 5.56 Å². The molecule has 116 valence electrons. The van der Waals surface area contributed by atoms with Crippen LogP contribution < -0.4 is 10.6 Å². The summed E-state index contributed by atoms with van der Waals surface area (Å²) in [5, 5.41) is 16.1. The zero-order valence-electron chi connectivity index (χ0n) is 11.8. The first-order chi connectivity index (χ1) is 10.2. The van der Waals surface area contributed by atoms with E-state index in [2.05, 4.69) is 10.6 Å². The fraction of sp³-hybridized carbons (Fsp3) is 0.571. The number of hydrogen-bond donors (Lipinski definition) is 3. The number of carboxylic acid groups (broad SMARTS) is 1. The standard InChI is InChI=1S/C14H20N2O4S/c17-13(18)11-6-9-21-12(11)16-14(19)15-7-8-20-10-4-2-1-3-5-10/h6,9-10H,1-5,7-8H2,(H,17,18)(H2,15,16,19). The Bertz CT molecular complexity index is 483. The monoisotopic (exact) mass is 312 g/mol. The molecular weight excluding hydrogens is 292 g/mol. The molecule has 1 aromatic heterocycles. The maximum Gasteiger partial charge on any atom is 0.338 e. The molecule has 0 spiro atoms. The fourth-order valence-electron chi connectivity index (χ4n) is 2.34. The third-order valence-electron chi connectivity index (χ3n) is 3.42. The molecule has 7 heteroatoms. The molecular formula is C14H20N2O4S. The van der Waals surface area contributed by atoms with Gasteiger partial charge in [-0.1, -0.05) is 19.3 Å². The van der Waals surface area contributed by atoms with E-state index in [1.54, 1.807) is 5.38 Å². The summed E-state index contributed by atoms with van der Waals surface area (Å²) in [5.41, 5.74) is 0.105. The smallest absolute Gasteiger partial charge is 0.338 e. The predicted octanol–water partition coefficient (Wildman–Crippen LogP) is 2.92. The van der Waals surface area contributed by atoms with Crippen molar-refractivity contribution in [1.29, 1.82) is 0 Å². The lowest BCUT2D eigenvalue weighted by atomic mass is 9.98. The molecule has 0 aliphatic heterocycles. The Kier molecular flexibility index (Phi) is 6.01. The molecule has 3 N–H and O–H groups in total. The van der Waals surface area contributed by atoms with Crippen LogP contribution in [0, 0.1) is 0 Å². The first-order valence-corrected chi connectivity index (χ1v) is 8.02. The van der Waals surface area contributed by atoms with Crippen LogP contribution in [0.3, 0.4) is 0 Å². The molecule has 0 saturated heterocycles. The summed E-state index contributed by atoms with van der Waals surface area (Å²) in [4.78, 5) is 22.6. The molecule has 1 saturated carbocycles. The largest absolute Gasteiger partial charge is 0.478 e. The number of nitrogens with one attached hydrogen (secondary N) is 2. The lowest BCUT2D eigenvalue weighted by molar-refractivity contribution is 0.0313. The molecule has 0 unspecified atom stereocenters. The van der Waals surface area contributed by atoms with Gasteiger partial charge in [-0.3, -0.25) is 5.32 Å². The number of thiophene rings is 1. The Labute approximate surface area is 127 Å². The Balaban J connectivity index is 1.65. The van der Waals surface area contributed by atoms with Gasteiger partial charge in [-0.15, -0.1) is 11.3 Å². The third kappa shape index (κ3) is 5.02. The number of carbonyl (C=O) groups excluding carboxylic acids is 1. The predicted molar refractivity (Wildman–Crippen MR) is 81.1 cm³/mol. The molecule has 0 radical (unpaired) electrons. The number of aromatic carboxylic acids is 1. The minimum absolute atomic E-state index is 0.105. The highest BCUT2D eigenvalue weighted by molar-refractivity contribution is 7.14. The number of ether oxygens (including phenoxy) is 1. The first-order valence-electron chi connectivity index (χ1n) is 7.14. The molecule has 0 aromatic carbocycles. The van der Waals surface area contributed by atoms with Gasteiger partial charge in [-0.25, -0.2) is 9.59 Å². The van der Waals surface area contributed by atoms with Crippen LogP contribution in [0.5, 0.6) is 0 Å². The van der Waals surface area contributed by atoms with Crippen molar-refractivity contribution in [2.45, 2.75) is 38.2 Å². The highest BCUT2D eigenvalue weighted by atomic mass is 32.1. The van der Waals surface area contributed by atoms with Crippen LogP contribution in [0.2, 0.25) is 0 Å². The van der Waals surface area contributed by atoms with Crippen LogP contribution in [0.15, 0.2) is 11.4 Å². The maximum atomic E-state index is 11.7. The van der Waals surface area contributed by atoms with Gasteiger partial charge in [0.2, 0.25) is 0 Å². The lowest BCUT2D eigenvalue weighted by Gasteiger charge is -2.21. The second-order valence-electron chi connectivity index (χ2n) is 4.98. The fourth-order valence-corrected chi connectivity index (χ4v) is 3.12. The number of rotatable bonds is 6. The maximum absolute atomic E-state index is 11.7. The lowest BCUT2D eigenvalue weighted by Crippen LogP contribution is -2.32. The molecule has 1 aliphatic carbocycles. The molecule has 1 aromatic rings. The van der Waals surface area contributed by atoms with E-state index in [4.69, 9.17) is 9.84 Å². The van der Waals surface area contributed by atoms with Gasteiger partial charge in [-0.05, 0) is 24.3 Å². The van der Waals surface area contributed by atoms with Crippen molar-refractivity contribution < 1.29 is 19.4 Å². The number of carbonyl (C=O) groups is 2. The second kappa shape index (κ2) is 7.99. The summed E-state index contributed by atoms with van der Waals surface area (Å²) in [6.07, 6.45) is 6.24. The Morgan fingerprint density at radius 1 is 1.33 bits per heavy atom. The van der Waals surface area contributed by atoms with Gasteiger partial charge in [0.15, 0.2) is 0 Å². The number of urea groups is 1. The number of anilines is 1. The van der Waals surface area contributed by atoms with Gasteiger partial charge >= 0.3 is 12.0 Å². The minimum Gasteiger partial charge on any atom is -0.478 e. The van der Waals surface area contributed by atoms with Gasteiger partial charge < -0.3 is 15.2 Å². The number of carboxylic acids is 1. The van der Waals surface area contributed by atoms with Crippen molar-refractivity contribution in [3.05, 3.63) is 17.0 Å². The summed E-state index contributed by atoms with van der Waals surface area (Å²) in [7, 11) is 0. The molecule has 2 amide bonds. The van der Waals surface area contributed by atoms with E-state index in [1.807, 2.05) is 0 Å². The summed E-state index contributed by atoms with van der Waals surface area (Å²) < 4.78 is 5.70. The molecule has 1 aliphatic rings. The topological polar surface area (TPSA) is 87.7 Å². The quantitative estimate of drug-likeness (QED) is 0.705. The van der Waals surface area contributed by atoms with Crippen LogP contribution in [-0.4, -0.2) is 36.4 Å². The first kappa shape index (κ1) is 15.8. The van der Waals surface area contributed by atoms with Crippen LogP contribution in [0.4, 0.5) is 9.80 Å². The Hall–Kier alpha value is -1.60. The van der Waals surface area contributed by atoms with Gasteiger partial charge in [0, 0.05) is 6.54 Å². The van der Waals surface area contributed by atoms with Gasteiger partial charge in [-0.2, -0.15) is 0 Å². The molecule has 1 fully saturated rings. The summed E-state index contributed by atoms with van der Waals surface area (Å²) >= 11 is 1.18. The highest BCUT2D eigenvalue weighted by Gasteiger charge is 2.15. The Morgan fingerprint density at radius 3 is 2.81 bits per heavy atom. The van der Waals surface area contributed by atoms with Crippen molar-refractivity contribution in [2.24, 2.45) is 0 Å². The average molecular weight is 312 g/mol. The average Bonchev–Trinajstić information content (AvgIpc) is 2.93. The minimum atomic E-state index is -1.05. The van der Waals surface area contributed by atoms with Crippen molar-refractivity contribution >= 4 is 28.3 Å². The molecule has 0 atom stereocenters. The van der Waals surface area contributed by atoms with E-state index in [9.17, 15) is 9.59 Å².